The lowest BCUT2D eigenvalue weighted by atomic mass is 9.78. The maximum Gasteiger partial charge on any atom is 0.292 e. The van der Waals surface area contributed by atoms with Gasteiger partial charge in [-0.05, 0) is 37.6 Å². The number of carbonyl (C=O) groups is 1. The molecular formula is C15H24N4O2. The first-order chi connectivity index (χ1) is 10.1. The van der Waals surface area contributed by atoms with Gasteiger partial charge in [-0.3, -0.25) is 4.79 Å². The van der Waals surface area contributed by atoms with E-state index >= 15 is 0 Å². The summed E-state index contributed by atoms with van der Waals surface area (Å²) in [4.78, 5) is 16.5. The Morgan fingerprint density at radius 1 is 1.29 bits per heavy atom. The predicted molar refractivity (Wildman–Crippen MR) is 77.7 cm³/mol. The number of carbonyl (C=O) groups excluding carboxylic acids is 1. The zero-order chi connectivity index (χ0) is 14.8. The van der Waals surface area contributed by atoms with E-state index in [1.165, 1.54) is 12.8 Å². The molecule has 4 unspecified atom stereocenters. The van der Waals surface area contributed by atoms with Gasteiger partial charge in [0.2, 0.25) is 5.89 Å². The van der Waals surface area contributed by atoms with Crippen LogP contribution in [0.15, 0.2) is 4.52 Å². The van der Waals surface area contributed by atoms with Crippen molar-refractivity contribution in [2.24, 2.45) is 11.8 Å². The van der Waals surface area contributed by atoms with E-state index in [2.05, 4.69) is 34.6 Å². The number of rotatable bonds is 3. The number of hydrogen-bond donors (Lipinski definition) is 2. The van der Waals surface area contributed by atoms with Gasteiger partial charge >= 0.3 is 0 Å². The third-order valence-electron chi connectivity index (χ3n) is 5.03. The van der Waals surface area contributed by atoms with Gasteiger partial charge in [0.05, 0.1) is 6.04 Å². The summed E-state index contributed by atoms with van der Waals surface area (Å²) in [7, 11) is 0. The second-order valence-electron chi connectivity index (χ2n) is 6.45. The summed E-state index contributed by atoms with van der Waals surface area (Å²) >= 11 is 0. The lowest BCUT2D eigenvalue weighted by molar-refractivity contribution is 0.0877. The van der Waals surface area contributed by atoms with Gasteiger partial charge in [-0.2, -0.15) is 4.98 Å². The molecule has 1 aliphatic heterocycles. The normalized spacial score (nSPS) is 33.0. The fraction of sp³-hybridized carbons (Fsp3) is 0.800. The predicted octanol–water partition coefficient (Wildman–Crippen LogP) is 2.05. The first-order valence-corrected chi connectivity index (χ1v) is 8.03. The summed E-state index contributed by atoms with van der Waals surface area (Å²) in [5.41, 5.74) is 0. The van der Waals surface area contributed by atoms with Crippen LogP contribution in [0, 0.1) is 11.8 Å². The fourth-order valence-corrected chi connectivity index (χ4v) is 3.38. The molecule has 0 radical (unpaired) electrons. The van der Waals surface area contributed by atoms with E-state index in [-0.39, 0.29) is 23.8 Å². The Morgan fingerprint density at radius 3 is 2.90 bits per heavy atom. The maximum absolute atomic E-state index is 12.3. The summed E-state index contributed by atoms with van der Waals surface area (Å²) in [5.74, 6) is 1.61. The topological polar surface area (TPSA) is 80.0 Å². The summed E-state index contributed by atoms with van der Waals surface area (Å²) in [6.45, 7) is 5.42. The van der Waals surface area contributed by atoms with Crippen molar-refractivity contribution in [2.75, 3.05) is 6.54 Å². The molecule has 116 valence electrons. The van der Waals surface area contributed by atoms with Crippen molar-refractivity contribution >= 4 is 5.91 Å². The molecule has 6 heteroatoms. The van der Waals surface area contributed by atoms with Gasteiger partial charge < -0.3 is 15.2 Å². The van der Waals surface area contributed by atoms with Crippen LogP contribution in [-0.2, 0) is 0 Å². The summed E-state index contributed by atoms with van der Waals surface area (Å²) in [6.07, 6.45) is 5.53. The molecule has 0 aromatic carbocycles. The van der Waals surface area contributed by atoms with Crippen LogP contribution in [0.4, 0.5) is 0 Å². The van der Waals surface area contributed by atoms with Gasteiger partial charge in [0.15, 0.2) is 0 Å². The zero-order valence-electron chi connectivity index (χ0n) is 12.8. The van der Waals surface area contributed by atoms with E-state index in [9.17, 15) is 4.79 Å². The second-order valence-corrected chi connectivity index (χ2v) is 6.45. The highest BCUT2D eigenvalue weighted by Crippen LogP contribution is 2.29. The van der Waals surface area contributed by atoms with Gasteiger partial charge in [-0.15, -0.1) is 0 Å². The zero-order valence-corrected chi connectivity index (χ0v) is 12.8. The van der Waals surface area contributed by atoms with E-state index in [1.807, 2.05) is 0 Å². The number of hydrogen-bond acceptors (Lipinski definition) is 5. The van der Waals surface area contributed by atoms with Gasteiger partial charge in [-0.25, -0.2) is 0 Å². The Morgan fingerprint density at radius 2 is 2.14 bits per heavy atom. The van der Waals surface area contributed by atoms with E-state index < -0.39 is 0 Å². The summed E-state index contributed by atoms with van der Waals surface area (Å²) in [5, 5.41) is 10.2. The number of nitrogens with one attached hydrogen (secondary N) is 2. The van der Waals surface area contributed by atoms with Gasteiger partial charge in [0, 0.05) is 6.04 Å². The van der Waals surface area contributed by atoms with Gasteiger partial charge in [-0.1, -0.05) is 31.8 Å². The third-order valence-corrected chi connectivity index (χ3v) is 5.03. The minimum absolute atomic E-state index is 0.104. The SMILES string of the molecule is CC1CCCC(NC(=O)c2noc(C3CCCN3)n2)C1C. The molecule has 1 saturated carbocycles. The summed E-state index contributed by atoms with van der Waals surface area (Å²) < 4.78 is 5.22. The minimum Gasteiger partial charge on any atom is -0.346 e. The molecule has 1 amide bonds. The Labute approximate surface area is 125 Å². The Kier molecular flexibility index (Phi) is 4.24. The molecule has 4 atom stereocenters. The van der Waals surface area contributed by atoms with E-state index in [4.69, 9.17) is 4.52 Å². The lowest BCUT2D eigenvalue weighted by Gasteiger charge is -2.34. The van der Waals surface area contributed by atoms with Crippen molar-refractivity contribution in [2.45, 2.75) is 58.0 Å². The van der Waals surface area contributed by atoms with Crippen LogP contribution in [-0.4, -0.2) is 28.6 Å². The monoisotopic (exact) mass is 292 g/mol. The van der Waals surface area contributed by atoms with Crippen molar-refractivity contribution in [3.8, 4) is 0 Å². The number of amides is 1. The highest BCUT2D eigenvalue weighted by atomic mass is 16.5. The van der Waals surface area contributed by atoms with Crippen molar-refractivity contribution in [3.63, 3.8) is 0 Å². The molecule has 0 spiro atoms. The standard InChI is InChI=1S/C15H24N4O2/c1-9-5-3-6-11(10(9)2)17-14(20)13-18-15(21-19-13)12-7-4-8-16-12/h9-12,16H,3-8H2,1-2H3,(H,17,20). The molecule has 1 aromatic rings. The molecule has 2 aliphatic rings. The molecule has 1 aromatic heterocycles. The average Bonchev–Trinajstić information content (AvgIpc) is 3.13. The maximum atomic E-state index is 12.3. The van der Waals surface area contributed by atoms with Crippen molar-refractivity contribution in [1.82, 2.24) is 20.8 Å². The highest BCUT2D eigenvalue weighted by Gasteiger charge is 2.30. The van der Waals surface area contributed by atoms with Gasteiger partial charge in [0.1, 0.15) is 0 Å². The smallest absolute Gasteiger partial charge is 0.292 e. The average molecular weight is 292 g/mol. The third kappa shape index (κ3) is 3.10. The quantitative estimate of drug-likeness (QED) is 0.891. The van der Waals surface area contributed by atoms with E-state index in [0.717, 1.165) is 25.8 Å². The first-order valence-electron chi connectivity index (χ1n) is 8.03. The molecule has 1 saturated heterocycles. The van der Waals surface area contributed by atoms with Crippen LogP contribution in [0.3, 0.4) is 0 Å². The van der Waals surface area contributed by atoms with Crippen LogP contribution < -0.4 is 10.6 Å². The molecular weight excluding hydrogens is 268 g/mol. The molecule has 6 nitrogen and oxygen atoms in total. The van der Waals surface area contributed by atoms with Crippen molar-refractivity contribution in [3.05, 3.63) is 11.7 Å². The minimum atomic E-state index is -0.214. The second kappa shape index (κ2) is 6.13. The molecule has 2 fully saturated rings. The van der Waals surface area contributed by atoms with Crippen LogP contribution in [0.5, 0.6) is 0 Å². The number of nitrogens with zero attached hydrogens (tertiary/aromatic N) is 2. The van der Waals surface area contributed by atoms with Crippen LogP contribution in [0.2, 0.25) is 0 Å². The van der Waals surface area contributed by atoms with Crippen LogP contribution >= 0.6 is 0 Å². The van der Waals surface area contributed by atoms with Crippen LogP contribution in [0.25, 0.3) is 0 Å². The fourth-order valence-electron chi connectivity index (χ4n) is 3.38. The molecule has 0 bridgehead atoms. The van der Waals surface area contributed by atoms with Gasteiger partial charge in [0.25, 0.3) is 11.7 Å². The van der Waals surface area contributed by atoms with Crippen molar-refractivity contribution in [1.29, 1.82) is 0 Å². The molecule has 3 rings (SSSR count). The highest BCUT2D eigenvalue weighted by molar-refractivity contribution is 5.90. The Hall–Kier alpha value is -1.43. The molecule has 2 heterocycles. The Bertz CT molecular complexity index is 496. The van der Waals surface area contributed by atoms with E-state index in [0.29, 0.717) is 17.7 Å². The number of aromatic nitrogens is 2. The lowest BCUT2D eigenvalue weighted by Crippen LogP contribution is -2.44. The first kappa shape index (κ1) is 14.5. The summed E-state index contributed by atoms with van der Waals surface area (Å²) in [6, 6.07) is 0.320. The molecule has 2 N–H and O–H groups in total. The van der Waals surface area contributed by atoms with Crippen LogP contribution in [0.1, 0.15) is 68.5 Å². The molecule has 21 heavy (non-hydrogen) atoms. The molecule has 1 aliphatic carbocycles. The van der Waals surface area contributed by atoms with Crippen molar-refractivity contribution < 1.29 is 9.32 Å². The van der Waals surface area contributed by atoms with E-state index in [1.54, 1.807) is 0 Å². The largest absolute Gasteiger partial charge is 0.346 e. The Balaban J connectivity index is 1.62.